The third kappa shape index (κ3) is 3.36. The maximum absolute atomic E-state index is 12.3. The molecule has 1 aromatic heterocycles. The van der Waals surface area contributed by atoms with Crippen molar-refractivity contribution < 1.29 is 17.9 Å². The van der Waals surface area contributed by atoms with Crippen LogP contribution in [-0.4, -0.2) is 21.4 Å². The SMILES string of the molecule is COc1ccc(S(=O)(=O)Nc2sccc2C(N)=O)cc1Br. The Kier molecular flexibility index (Phi) is 4.55. The number of thiophene rings is 1. The van der Waals surface area contributed by atoms with E-state index in [-0.39, 0.29) is 15.5 Å². The molecular formula is C12H11BrN2O4S2. The standard InChI is InChI=1S/C12H11BrN2O4S2/c1-19-10-3-2-7(6-9(10)13)21(17,18)15-12-8(11(14)16)4-5-20-12/h2-6,15H,1H3,(H2,14,16). The number of primary amides is 1. The summed E-state index contributed by atoms with van der Waals surface area (Å²) in [6.07, 6.45) is 0. The van der Waals surface area contributed by atoms with Gasteiger partial charge in [-0.05, 0) is 45.6 Å². The molecule has 1 aromatic carbocycles. The van der Waals surface area contributed by atoms with Crippen molar-refractivity contribution >= 4 is 48.2 Å². The Morgan fingerprint density at radius 3 is 2.67 bits per heavy atom. The molecule has 2 rings (SSSR count). The van der Waals surface area contributed by atoms with Crippen molar-refractivity contribution in [2.45, 2.75) is 4.90 Å². The smallest absolute Gasteiger partial charge is 0.262 e. The number of ether oxygens (including phenoxy) is 1. The predicted octanol–water partition coefficient (Wildman–Crippen LogP) is 2.42. The number of methoxy groups -OCH3 is 1. The number of rotatable bonds is 5. The first-order valence-corrected chi connectivity index (χ1v) is 8.74. The van der Waals surface area contributed by atoms with Crippen LogP contribution in [0.5, 0.6) is 5.75 Å². The third-order valence-electron chi connectivity index (χ3n) is 2.59. The molecule has 0 radical (unpaired) electrons. The summed E-state index contributed by atoms with van der Waals surface area (Å²) in [5.41, 5.74) is 5.32. The van der Waals surface area contributed by atoms with Crippen LogP contribution in [0.3, 0.4) is 0 Å². The van der Waals surface area contributed by atoms with E-state index in [9.17, 15) is 13.2 Å². The van der Waals surface area contributed by atoms with E-state index < -0.39 is 15.9 Å². The lowest BCUT2D eigenvalue weighted by Crippen LogP contribution is -2.17. The number of nitrogens with one attached hydrogen (secondary N) is 1. The van der Waals surface area contributed by atoms with Gasteiger partial charge in [-0.15, -0.1) is 11.3 Å². The molecule has 0 atom stereocenters. The zero-order chi connectivity index (χ0) is 15.6. The van der Waals surface area contributed by atoms with Gasteiger partial charge in [-0.1, -0.05) is 0 Å². The van der Waals surface area contributed by atoms with Crippen LogP contribution < -0.4 is 15.2 Å². The average Bonchev–Trinajstić information content (AvgIpc) is 2.86. The molecule has 0 aliphatic carbocycles. The molecule has 0 bridgehead atoms. The Morgan fingerprint density at radius 1 is 1.38 bits per heavy atom. The summed E-state index contributed by atoms with van der Waals surface area (Å²) in [6.45, 7) is 0. The zero-order valence-corrected chi connectivity index (χ0v) is 14.0. The van der Waals surface area contributed by atoms with Crippen molar-refractivity contribution in [2.75, 3.05) is 11.8 Å². The van der Waals surface area contributed by atoms with Crippen molar-refractivity contribution in [3.63, 3.8) is 0 Å². The van der Waals surface area contributed by atoms with Gasteiger partial charge in [0.15, 0.2) is 0 Å². The Labute approximate surface area is 134 Å². The first-order valence-electron chi connectivity index (χ1n) is 5.59. The second-order valence-electron chi connectivity index (χ2n) is 3.93. The molecule has 0 spiro atoms. The number of carbonyl (C=O) groups is 1. The fourth-order valence-corrected chi connectivity index (χ4v) is 4.42. The summed E-state index contributed by atoms with van der Waals surface area (Å²) in [4.78, 5) is 11.3. The van der Waals surface area contributed by atoms with E-state index >= 15 is 0 Å². The van der Waals surface area contributed by atoms with E-state index in [4.69, 9.17) is 10.5 Å². The monoisotopic (exact) mass is 390 g/mol. The van der Waals surface area contributed by atoms with E-state index in [0.29, 0.717) is 10.2 Å². The number of halogens is 1. The molecule has 1 amide bonds. The molecule has 2 aromatic rings. The highest BCUT2D eigenvalue weighted by Gasteiger charge is 2.20. The first-order chi connectivity index (χ1) is 9.85. The molecule has 3 N–H and O–H groups in total. The van der Waals surface area contributed by atoms with Crippen LogP contribution in [0.2, 0.25) is 0 Å². The van der Waals surface area contributed by atoms with Gasteiger partial charge < -0.3 is 10.5 Å². The normalized spacial score (nSPS) is 11.1. The number of benzene rings is 1. The van der Waals surface area contributed by atoms with Crippen LogP contribution in [0.25, 0.3) is 0 Å². The average molecular weight is 391 g/mol. The van der Waals surface area contributed by atoms with Crippen LogP contribution in [0, 0.1) is 0 Å². The Balaban J connectivity index is 2.36. The van der Waals surface area contributed by atoms with Crippen LogP contribution in [0.15, 0.2) is 39.0 Å². The Morgan fingerprint density at radius 2 is 2.10 bits per heavy atom. The molecule has 9 heteroatoms. The summed E-state index contributed by atoms with van der Waals surface area (Å²) in [6, 6.07) is 5.82. The second-order valence-corrected chi connectivity index (χ2v) is 7.38. The topological polar surface area (TPSA) is 98.5 Å². The quantitative estimate of drug-likeness (QED) is 0.818. The van der Waals surface area contributed by atoms with Crippen molar-refractivity contribution in [3.8, 4) is 5.75 Å². The maximum Gasteiger partial charge on any atom is 0.262 e. The molecule has 112 valence electrons. The highest BCUT2D eigenvalue weighted by molar-refractivity contribution is 9.10. The Hall–Kier alpha value is -1.58. The van der Waals surface area contributed by atoms with E-state index in [1.54, 1.807) is 5.38 Å². The van der Waals surface area contributed by atoms with Gasteiger partial charge in [-0.3, -0.25) is 9.52 Å². The molecule has 0 saturated heterocycles. The summed E-state index contributed by atoms with van der Waals surface area (Å²) in [5.74, 6) is -0.173. The van der Waals surface area contributed by atoms with E-state index in [1.807, 2.05) is 0 Å². The number of hydrogen-bond donors (Lipinski definition) is 2. The van der Waals surface area contributed by atoms with Crippen LogP contribution >= 0.6 is 27.3 Å². The minimum atomic E-state index is -3.82. The summed E-state index contributed by atoms with van der Waals surface area (Å²) in [5, 5.41) is 1.77. The molecule has 0 fully saturated rings. The molecular weight excluding hydrogens is 380 g/mol. The molecule has 6 nitrogen and oxygen atoms in total. The number of nitrogens with two attached hydrogens (primary N) is 1. The van der Waals surface area contributed by atoms with Crippen molar-refractivity contribution in [3.05, 3.63) is 39.7 Å². The van der Waals surface area contributed by atoms with E-state index in [2.05, 4.69) is 20.7 Å². The second kappa shape index (κ2) is 6.04. The van der Waals surface area contributed by atoms with Crippen molar-refractivity contribution in [1.29, 1.82) is 0 Å². The lowest BCUT2D eigenvalue weighted by molar-refractivity contribution is 0.100. The van der Waals surface area contributed by atoms with Gasteiger partial charge in [0, 0.05) is 0 Å². The molecule has 0 aliphatic rings. The van der Waals surface area contributed by atoms with E-state index in [1.165, 1.54) is 31.4 Å². The number of amides is 1. The molecule has 0 aliphatic heterocycles. The van der Waals surface area contributed by atoms with Crippen molar-refractivity contribution in [2.24, 2.45) is 5.73 Å². The predicted molar refractivity (Wildman–Crippen MR) is 84.3 cm³/mol. The molecule has 21 heavy (non-hydrogen) atoms. The zero-order valence-electron chi connectivity index (χ0n) is 10.8. The van der Waals surface area contributed by atoms with Gasteiger partial charge in [0.05, 0.1) is 22.0 Å². The number of hydrogen-bond acceptors (Lipinski definition) is 5. The minimum Gasteiger partial charge on any atom is -0.496 e. The van der Waals surface area contributed by atoms with Gasteiger partial charge >= 0.3 is 0 Å². The summed E-state index contributed by atoms with van der Waals surface area (Å²) >= 11 is 4.31. The van der Waals surface area contributed by atoms with Crippen LogP contribution in [0.1, 0.15) is 10.4 Å². The molecule has 0 unspecified atom stereocenters. The van der Waals surface area contributed by atoms with Gasteiger partial charge in [0.1, 0.15) is 10.8 Å². The third-order valence-corrected chi connectivity index (χ3v) is 5.52. The van der Waals surface area contributed by atoms with Crippen LogP contribution in [-0.2, 0) is 10.0 Å². The fraction of sp³-hybridized carbons (Fsp3) is 0.0833. The largest absolute Gasteiger partial charge is 0.496 e. The summed E-state index contributed by atoms with van der Waals surface area (Å²) < 4.78 is 32.5. The number of sulfonamides is 1. The lowest BCUT2D eigenvalue weighted by Gasteiger charge is -2.09. The van der Waals surface area contributed by atoms with Crippen molar-refractivity contribution in [1.82, 2.24) is 0 Å². The molecule has 0 saturated carbocycles. The number of anilines is 1. The van der Waals surface area contributed by atoms with Gasteiger partial charge in [-0.2, -0.15) is 0 Å². The van der Waals surface area contributed by atoms with Crippen LogP contribution in [0.4, 0.5) is 5.00 Å². The number of carbonyl (C=O) groups excluding carboxylic acids is 1. The van der Waals surface area contributed by atoms with Gasteiger partial charge in [0.2, 0.25) is 0 Å². The lowest BCUT2D eigenvalue weighted by atomic mass is 10.3. The fourth-order valence-electron chi connectivity index (χ4n) is 1.58. The van der Waals surface area contributed by atoms with Gasteiger partial charge in [0.25, 0.3) is 15.9 Å². The minimum absolute atomic E-state index is 0.0407. The highest BCUT2D eigenvalue weighted by atomic mass is 79.9. The highest BCUT2D eigenvalue weighted by Crippen LogP contribution is 2.30. The Bertz CT molecular complexity index is 786. The van der Waals surface area contributed by atoms with Gasteiger partial charge in [-0.25, -0.2) is 8.42 Å². The first kappa shape index (κ1) is 15.8. The van der Waals surface area contributed by atoms with E-state index in [0.717, 1.165) is 11.3 Å². The molecule has 1 heterocycles. The maximum atomic E-state index is 12.3. The summed E-state index contributed by atoms with van der Waals surface area (Å²) in [7, 11) is -2.34.